The molecule has 0 aromatic heterocycles. The molecule has 0 radical (unpaired) electrons. The zero-order valence-corrected chi connectivity index (χ0v) is 10.8. The number of benzene rings is 1. The topological polar surface area (TPSA) is 58.3 Å². The van der Waals surface area contributed by atoms with Gasteiger partial charge in [0.15, 0.2) is 0 Å². The predicted octanol–water partition coefficient (Wildman–Crippen LogP) is 2.54. The lowest BCUT2D eigenvalue weighted by atomic mass is 9.85. The molecule has 0 heterocycles. The van der Waals surface area contributed by atoms with E-state index in [1.54, 1.807) is 13.8 Å². The van der Waals surface area contributed by atoms with Gasteiger partial charge in [-0.3, -0.25) is 0 Å². The van der Waals surface area contributed by atoms with E-state index in [2.05, 4.69) is 5.32 Å². The van der Waals surface area contributed by atoms with Crippen LogP contribution in [0.1, 0.15) is 33.3 Å². The maximum atomic E-state index is 10.1. The highest BCUT2D eigenvalue weighted by Crippen LogP contribution is 2.29. The van der Waals surface area contributed by atoms with E-state index in [9.17, 15) is 5.11 Å². The lowest BCUT2D eigenvalue weighted by molar-refractivity contribution is 0.0240. The van der Waals surface area contributed by atoms with Gasteiger partial charge >= 0.3 is 0 Å². The summed E-state index contributed by atoms with van der Waals surface area (Å²) in [6.45, 7) is 9.49. The quantitative estimate of drug-likeness (QED) is 0.689. The Morgan fingerprint density at radius 2 is 1.75 bits per heavy atom. The summed E-state index contributed by atoms with van der Waals surface area (Å²) in [6.07, 6.45) is 0. The van der Waals surface area contributed by atoms with Crippen molar-refractivity contribution in [2.45, 2.75) is 45.8 Å². The number of aliphatic hydroxyl groups is 1. The normalized spacial score (nSPS) is 12.6. The number of nitrogens with one attached hydrogen (secondary N) is 1. The Balaban J connectivity index is 3.02. The third kappa shape index (κ3) is 2.47. The molecule has 0 unspecified atom stereocenters. The highest BCUT2D eigenvalue weighted by molar-refractivity contribution is 5.63. The summed E-state index contributed by atoms with van der Waals surface area (Å²) in [5.41, 5.74) is 7.34. The van der Waals surface area contributed by atoms with Gasteiger partial charge in [0.1, 0.15) is 0 Å². The fourth-order valence-corrected chi connectivity index (χ4v) is 1.28. The molecule has 0 spiro atoms. The second kappa shape index (κ2) is 3.98. The van der Waals surface area contributed by atoms with E-state index >= 15 is 0 Å². The van der Waals surface area contributed by atoms with Crippen molar-refractivity contribution in [3.8, 4) is 0 Å². The van der Waals surface area contributed by atoms with Crippen molar-refractivity contribution in [2.24, 2.45) is 0 Å². The smallest absolute Gasteiger partial charge is 0.0814 e. The van der Waals surface area contributed by atoms with Gasteiger partial charge < -0.3 is 16.2 Å². The van der Waals surface area contributed by atoms with E-state index in [0.29, 0.717) is 0 Å². The lowest BCUT2D eigenvalue weighted by Crippen LogP contribution is -2.51. The van der Waals surface area contributed by atoms with Crippen molar-refractivity contribution in [2.75, 3.05) is 11.1 Å². The monoisotopic (exact) mass is 222 g/mol. The summed E-state index contributed by atoms with van der Waals surface area (Å²) < 4.78 is 0. The third-order valence-electron chi connectivity index (χ3n) is 3.35. The highest BCUT2D eigenvalue weighted by atomic mass is 16.3. The SMILES string of the molecule is Cc1c(N)cccc1NC(C)(C)C(C)(C)O. The van der Waals surface area contributed by atoms with Crippen molar-refractivity contribution in [3.63, 3.8) is 0 Å². The van der Waals surface area contributed by atoms with Crippen LogP contribution < -0.4 is 11.1 Å². The maximum absolute atomic E-state index is 10.1. The van der Waals surface area contributed by atoms with E-state index in [0.717, 1.165) is 16.9 Å². The molecule has 90 valence electrons. The largest absolute Gasteiger partial charge is 0.398 e. The van der Waals surface area contributed by atoms with Gasteiger partial charge in [0.25, 0.3) is 0 Å². The van der Waals surface area contributed by atoms with Crippen LogP contribution in [0.25, 0.3) is 0 Å². The zero-order chi connectivity index (χ0) is 12.6. The van der Waals surface area contributed by atoms with Crippen LogP contribution in [0.2, 0.25) is 0 Å². The summed E-state index contributed by atoms with van der Waals surface area (Å²) >= 11 is 0. The average molecular weight is 222 g/mol. The molecule has 0 atom stereocenters. The molecule has 0 aliphatic rings. The van der Waals surface area contributed by atoms with Gasteiger partial charge in [-0.2, -0.15) is 0 Å². The van der Waals surface area contributed by atoms with Crippen LogP contribution >= 0.6 is 0 Å². The molecule has 1 aromatic carbocycles. The summed E-state index contributed by atoms with van der Waals surface area (Å²) in [7, 11) is 0. The maximum Gasteiger partial charge on any atom is 0.0814 e. The second-order valence-electron chi connectivity index (χ2n) is 5.33. The molecule has 4 N–H and O–H groups in total. The molecule has 0 fully saturated rings. The molecule has 0 amide bonds. The molecule has 0 saturated heterocycles. The van der Waals surface area contributed by atoms with Crippen LogP contribution in [0.5, 0.6) is 0 Å². The molecule has 16 heavy (non-hydrogen) atoms. The van der Waals surface area contributed by atoms with Crippen LogP contribution in [0.4, 0.5) is 11.4 Å². The van der Waals surface area contributed by atoms with Crippen LogP contribution in [-0.4, -0.2) is 16.2 Å². The van der Waals surface area contributed by atoms with Gasteiger partial charge in [-0.25, -0.2) is 0 Å². The van der Waals surface area contributed by atoms with Crippen molar-refractivity contribution < 1.29 is 5.11 Å². The van der Waals surface area contributed by atoms with E-state index in [1.807, 2.05) is 39.0 Å². The van der Waals surface area contributed by atoms with E-state index in [-0.39, 0.29) is 0 Å². The third-order valence-corrected chi connectivity index (χ3v) is 3.35. The number of rotatable bonds is 3. The summed E-state index contributed by atoms with van der Waals surface area (Å²) in [5.74, 6) is 0. The second-order valence-corrected chi connectivity index (χ2v) is 5.33. The number of hydrogen-bond acceptors (Lipinski definition) is 3. The van der Waals surface area contributed by atoms with Crippen molar-refractivity contribution >= 4 is 11.4 Å². The highest BCUT2D eigenvalue weighted by Gasteiger charge is 2.35. The summed E-state index contributed by atoms with van der Waals surface area (Å²) in [5, 5.41) is 13.4. The minimum absolute atomic E-state index is 0.425. The first-order valence-electron chi connectivity index (χ1n) is 5.51. The van der Waals surface area contributed by atoms with Gasteiger partial charge in [-0.15, -0.1) is 0 Å². The van der Waals surface area contributed by atoms with Crippen LogP contribution in [-0.2, 0) is 0 Å². The van der Waals surface area contributed by atoms with E-state index in [4.69, 9.17) is 5.73 Å². The molecule has 1 aromatic rings. The van der Waals surface area contributed by atoms with Gasteiger partial charge in [0, 0.05) is 11.4 Å². The van der Waals surface area contributed by atoms with E-state index < -0.39 is 11.1 Å². The predicted molar refractivity (Wildman–Crippen MR) is 69.6 cm³/mol. The standard InChI is InChI=1S/C13H22N2O/c1-9-10(14)7-6-8-11(9)15-12(2,3)13(4,5)16/h6-8,15-16H,14H2,1-5H3. The van der Waals surface area contributed by atoms with E-state index in [1.165, 1.54) is 0 Å². The summed E-state index contributed by atoms with van der Waals surface area (Å²) in [6, 6.07) is 5.75. The zero-order valence-electron chi connectivity index (χ0n) is 10.8. The Kier molecular flexibility index (Phi) is 3.20. The molecule has 0 saturated carbocycles. The molecular weight excluding hydrogens is 200 g/mol. The Hall–Kier alpha value is -1.22. The number of nitrogens with two attached hydrogens (primary N) is 1. The fourth-order valence-electron chi connectivity index (χ4n) is 1.28. The minimum atomic E-state index is -0.815. The van der Waals surface area contributed by atoms with Crippen LogP contribution in [0.3, 0.4) is 0 Å². The Bertz CT molecular complexity index is 378. The van der Waals surface area contributed by atoms with Crippen LogP contribution in [0, 0.1) is 6.92 Å². The van der Waals surface area contributed by atoms with Gasteiger partial charge in [-0.1, -0.05) is 6.07 Å². The molecular formula is C13H22N2O. The molecule has 0 aliphatic heterocycles. The van der Waals surface area contributed by atoms with Gasteiger partial charge in [-0.05, 0) is 52.3 Å². The molecule has 3 heteroatoms. The Morgan fingerprint density at radius 3 is 2.25 bits per heavy atom. The van der Waals surface area contributed by atoms with Crippen molar-refractivity contribution in [1.82, 2.24) is 0 Å². The Labute approximate surface area is 97.7 Å². The molecule has 3 nitrogen and oxygen atoms in total. The number of nitrogen functional groups attached to an aromatic ring is 1. The first-order valence-corrected chi connectivity index (χ1v) is 5.51. The number of anilines is 2. The number of hydrogen-bond donors (Lipinski definition) is 3. The van der Waals surface area contributed by atoms with Gasteiger partial charge in [0.05, 0.1) is 11.1 Å². The Morgan fingerprint density at radius 1 is 1.19 bits per heavy atom. The first-order chi connectivity index (χ1) is 7.15. The summed E-state index contributed by atoms with van der Waals surface area (Å²) in [4.78, 5) is 0. The molecule has 0 bridgehead atoms. The molecule has 1 rings (SSSR count). The minimum Gasteiger partial charge on any atom is -0.398 e. The van der Waals surface area contributed by atoms with Crippen LogP contribution in [0.15, 0.2) is 18.2 Å². The first kappa shape index (κ1) is 12.8. The molecule has 0 aliphatic carbocycles. The fraction of sp³-hybridized carbons (Fsp3) is 0.538. The van der Waals surface area contributed by atoms with Gasteiger partial charge in [0.2, 0.25) is 0 Å². The average Bonchev–Trinajstić information content (AvgIpc) is 2.11. The lowest BCUT2D eigenvalue weighted by Gasteiger charge is -2.39. The van der Waals surface area contributed by atoms with Crippen molar-refractivity contribution in [3.05, 3.63) is 23.8 Å². The van der Waals surface area contributed by atoms with Crippen molar-refractivity contribution in [1.29, 1.82) is 0 Å².